The first kappa shape index (κ1) is 34.9. The summed E-state index contributed by atoms with van der Waals surface area (Å²) >= 11 is 0. The van der Waals surface area contributed by atoms with E-state index in [1.54, 1.807) is 0 Å². The van der Waals surface area contributed by atoms with Crippen molar-refractivity contribution in [2.45, 2.75) is 0 Å². The Kier molecular flexibility index (Phi) is 166. The molecule has 0 saturated carbocycles. The Morgan fingerprint density at radius 3 is 1.00 bits per heavy atom. The minimum absolute atomic E-state index is 0. The molecule has 0 aliphatic rings. The van der Waals surface area contributed by atoms with Crippen molar-refractivity contribution in [3.63, 3.8) is 0 Å². The van der Waals surface area contributed by atoms with Crippen molar-refractivity contribution in [3.05, 3.63) is 0 Å². The third-order valence-electron chi connectivity index (χ3n) is 0. The van der Waals surface area contributed by atoms with Crippen LogP contribution in [0.2, 0.25) is 0 Å². The SMILES string of the molecule is O.[LiH].[NaH].[Zn]. The van der Waals surface area contributed by atoms with E-state index in [1.807, 2.05) is 0 Å². The molecule has 0 fully saturated rings. The van der Waals surface area contributed by atoms with Crippen LogP contribution in [0.1, 0.15) is 0 Å². The Hall–Kier alpha value is 2.18. The molecule has 0 aliphatic carbocycles. The van der Waals surface area contributed by atoms with Crippen LogP contribution in [0, 0.1) is 0 Å². The standard InChI is InChI=1S/Li.Na.H2O.Zn.2H/h;;1H2;;;. The normalized spacial score (nSPS) is 0. The van der Waals surface area contributed by atoms with Crippen LogP contribution in [0.25, 0.3) is 0 Å². The summed E-state index contributed by atoms with van der Waals surface area (Å²) in [5.41, 5.74) is 0. The zero-order chi connectivity index (χ0) is 0. The molecule has 0 amide bonds. The molecule has 0 aromatic carbocycles. The van der Waals surface area contributed by atoms with Crippen LogP contribution in [0.15, 0.2) is 0 Å². The maximum Gasteiger partial charge on any atom is 0 e. The molecule has 0 aromatic rings. The summed E-state index contributed by atoms with van der Waals surface area (Å²) < 4.78 is 0. The maximum absolute atomic E-state index is 0. The van der Waals surface area contributed by atoms with Gasteiger partial charge < -0.3 is 5.48 Å². The van der Waals surface area contributed by atoms with Gasteiger partial charge in [0.2, 0.25) is 0 Å². The van der Waals surface area contributed by atoms with Crippen molar-refractivity contribution >= 4 is 48.4 Å². The molecule has 2 N–H and O–H groups in total. The van der Waals surface area contributed by atoms with E-state index in [0.29, 0.717) is 0 Å². The average molecular weight is 115 g/mol. The molecule has 0 unspecified atom stereocenters. The van der Waals surface area contributed by atoms with Gasteiger partial charge in [-0.1, -0.05) is 0 Å². The number of rotatable bonds is 0. The van der Waals surface area contributed by atoms with Crippen LogP contribution in [0.4, 0.5) is 0 Å². The quantitative estimate of drug-likeness (QED) is 0.323. The third-order valence-corrected chi connectivity index (χ3v) is 0. The van der Waals surface area contributed by atoms with Gasteiger partial charge in [0.25, 0.3) is 0 Å². The Bertz CT molecular complexity index is 8.00. The topological polar surface area (TPSA) is 31.5 Å². The molecule has 1 nitrogen and oxygen atoms in total. The molecule has 0 rings (SSSR count). The van der Waals surface area contributed by atoms with Gasteiger partial charge in [-0.05, 0) is 0 Å². The van der Waals surface area contributed by atoms with Crippen molar-refractivity contribution in [2.24, 2.45) is 0 Å². The second-order valence-electron chi connectivity index (χ2n) is 0. The molecule has 4 heteroatoms. The second kappa shape index (κ2) is 19.0. The number of hydrogen-bond donors (Lipinski definition) is 0. The first-order valence-corrected chi connectivity index (χ1v) is 0. The summed E-state index contributed by atoms with van der Waals surface area (Å²) in [4.78, 5) is 0. The maximum atomic E-state index is 0. The smallest absolute Gasteiger partial charge is 0 e. The van der Waals surface area contributed by atoms with Crippen molar-refractivity contribution in [2.75, 3.05) is 0 Å². The molecule has 14 valence electrons. The Balaban J connectivity index is 0. The Morgan fingerprint density at radius 2 is 1.00 bits per heavy atom. The van der Waals surface area contributed by atoms with E-state index >= 15 is 0 Å². The molecule has 4 heavy (non-hydrogen) atoms. The van der Waals surface area contributed by atoms with E-state index < -0.39 is 0 Å². The summed E-state index contributed by atoms with van der Waals surface area (Å²) in [5, 5.41) is 0. The molecule has 0 atom stereocenters. The van der Waals surface area contributed by atoms with Gasteiger partial charge in [0.15, 0.2) is 0 Å². The summed E-state index contributed by atoms with van der Waals surface area (Å²) in [5.74, 6) is 0. The molecule has 0 heterocycles. The molecule has 0 aromatic heterocycles. The van der Waals surface area contributed by atoms with E-state index in [-0.39, 0.29) is 73.4 Å². The first-order valence-electron chi connectivity index (χ1n) is 0. The van der Waals surface area contributed by atoms with Gasteiger partial charge in [-0.25, -0.2) is 0 Å². The molecule has 0 bridgehead atoms. The van der Waals surface area contributed by atoms with E-state index in [4.69, 9.17) is 0 Å². The van der Waals surface area contributed by atoms with Crippen LogP contribution < -0.4 is 0 Å². The zero-order valence-corrected chi connectivity index (χ0v) is 4.17. The van der Waals surface area contributed by atoms with Gasteiger partial charge in [-0.15, -0.1) is 0 Å². The number of hydrogen-bond acceptors (Lipinski definition) is 0. The van der Waals surface area contributed by atoms with Crippen LogP contribution in [0.5, 0.6) is 0 Å². The van der Waals surface area contributed by atoms with Crippen molar-refractivity contribution in [3.8, 4) is 0 Å². The van der Waals surface area contributed by atoms with E-state index in [0.717, 1.165) is 0 Å². The van der Waals surface area contributed by atoms with Gasteiger partial charge in [-0.3, -0.25) is 0 Å². The summed E-state index contributed by atoms with van der Waals surface area (Å²) in [6, 6.07) is 0. The van der Waals surface area contributed by atoms with Crippen molar-refractivity contribution < 1.29 is 25.0 Å². The van der Waals surface area contributed by atoms with Gasteiger partial charge in [0, 0.05) is 19.5 Å². The van der Waals surface area contributed by atoms with Crippen LogP contribution in [-0.2, 0) is 19.5 Å². The second-order valence-corrected chi connectivity index (χ2v) is 0. The summed E-state index contributed by atoms with van der Waals surface area (Å²) in [6.07, 6.45) is 0. The molecule has 0 saturated heterocycles. The molecule has 0 spiro atoms. The molecule has 0 radical (unpaired) electrons. The minimum Gasteiger partial charge on any atom is 0 e. The Morgan fingerprint density at radius 1 is 1.00 bits per heavy atom. The van der Waals surface area contributed by atoms with Gasteiger partial charge in [0.1, 0.15) is 0 Å². The average Bonchev–Trinajstić information content (AvgIpc) is 0. The first-order chi connectivity index (χ1) is 0. The van der Waals surface area contributed by atoms with E-state index in [9.17, 15) is 0 Å². The molecular formula is H4LiNaOZn. The summed E-state index contributed by atoms with van der Waals surface area (Å²) in [7, 11) is 0. The van der Waals surface area contributed by atoms with Crippen LogP contribution >= 0.6 is 0 Å². The minimum atomic E-state index is 0. The third kappa shape index (κ3) is 8.89. The predicted molar refractivity (Wildman–Crippen MR) is 17.9 cm³/mol. The van der Waals surface area contributed by atoms with E-state index in [2.05, 4.69) is 0 Å². The van der Waals surface area contributed by atoms with Gasteiger partial charge in [0.05, 0.1) is 0 Å². The fraction of sp³-hybridized carbons (Fsp3) is 0. The molecule has 0 aliphatic heterocycles. The van der Waals surface area contributed by atoms with Gasteiger partial charge >= 0.3 is 48.4 Å². The Labute approximate surface area is 72.4 Å². The molecular weight excluding hydrogens is 111 g/mol. The fourth-order valence-electron chi connectivity index (χ4n) is 0. The van der Waals surface area contributed by atoms with Crippen LogP contribution in [-0.4, -0.2) is 53.9 Å². The summed E-state index contributed by atoms with van der Waals surface area (Å²) in [6.45, 7) is 0. The fourth-order valence-corrected chi connectivity index (χ4v) is 0. The van der Waals surface area contributed by atoms with Crippen molar-refractivity contribution in [1.29, 1.82) is 0 Å². The predicted octanol–water partition coefficient (Wildman–Crippen LogP) is -2.12. The zero-order valence-electron chi connectivity index (χ0n) is 1.21. The van der Waals surface area contributed by atoms with E-state index in [1.165, 1.54) is 0 Å². The largest absolute Gasteiger partial charge is 0 e. The monoisotopic (exact) mass is 114 g/mol. The van der Waals surface area contributed by atoms with Crippen LogP contribution in [0.3, 0.4) is 0 Å². The van der Waals surface area contributed by atoms with Gasteiger partial charge in [-0.2, -0.15) is 0 Å². The van der Waals surface area contributed by atoms with Crippen molar-refractivity contribution in [1.82, 2.24) is 0 Å².